The van der Waals surface area contributed by atoms with Crippen LogP contribution in [0.1, 0.15) is 21.6 Å². The fourth-order valence-electron chi connectivity index (χ4n) is 3.92. The SMILES string of the molecule is COc1cccc(NC(=O)C(=O)c2c(C(F)(F)F)n(Cc3ccc(Cl)cc3)c3ccc(OC)cc23)c1. The summed E-state index contributed by atoms with van der Waals surface area (Å²) in [7, 11) is 2.78. The van der Waals surface area contributed by atoms with Gasteiger partial charge in [0.1, 0.15) is 17.2 Å². The second kappa shape index (κ2) is 9.94. The van der Waals surface area contributed by atoms with Crippen LogP contribution in [0.3, 0.4) is 0 Å². The minimum atomic E-state index is -4.94. The van der Waals surface area contributed by atoms with Gasteiger partial charge in [0.05, 0.1) is 19.8 Å². The number of aromatic nitrogens is 1. The van der Waals surface area contributed by atoms with Crippen LogP contribution >= 0.6 is 11.6 Å². The van der Waals surface area contributed by atoms with Crippen molar-refractivity contribution in [3.63, 3.8) is 0 Å². The highest BCUT2D eigenvalue weighted by Gasteiger charge is 2.42. The van der Waals surface area contributed by atoms with Crippen molar-refractivity contribution in [3.8, 4) is 11.5 Å². The van der Waals surface area contributed by atoms with Crippen LogP contribution in [-0.2, 0) is 17.5 Å². The molecular formula is C26H20ClF3N2O4. The quantitative estimate of drug-likeness (QED) is 0.234. The molecule has 0 atom stereocenters. The van der Waals surface area contributed by atoms with Gasteiger partial charge in [-0.2, -0.15) is 13.2 Å². The number of anilines is 1. The highest BCUT2D eigenvalue weighted by Crippen LogP contribution is 2.40. The van der Waals surface area contributed by atoms with Crippen molar-refractivity contribution in [2.75, 3.05) is 19.5 Å². The highest BCUT2D eigenvalue weighted by atomic mass is 35.5. The summed E-state index contributed by atoms with van der Waals surface area (Å²) in [5.74, 6) is -1.91. The molecule has 0 aliphatic carbocycles. The number of Topliss-reactive ketones (excluding diaryl/α,β-unsaturated/α-hetero) is 1. The highest BCUT2D eigenvalue weighted by molar-refractivity contribution is 6.48. The molecule has 0 saturated carbocycles. The number of rotatable bonds is 7. The van der Waals surface area contributed by atoms with Crippen LogP contribution in [0.5, 0.6) is 11.5 Å². The molecule has 0 unspecified atom stereocenters. The standard InChI is InChI=1S/C26H20ClF3N2O4/c1-35-18-5-3-4-17(12-18)31-25(34)23(33)22-20-13-19(36-2)10-11-21(20)32(24(22)26(28,29)30)14-15-6-8-16(27)9-7-15/h3-13H,14H2,1-2H3,(H,31,34). The topological polar surface area (TPSA) is 69.6 Å². The zero-order valence-electron chi connectivity index (χ0n) is 19.2. The second-order valence-electron chi connectivity index (χ2n) is 7.83. The average molecular weight is 517 g/mol. The van der Waals surface area contributed by atoms with Crippen molar-refractivity contribution in [2.24, 2.45) is 0 Å². The van der Waals surface area contributed by atoms with E-state index in [1.807, 2.05) is 0 Å². The number of methoxy groups -OCH3 is 2. The largest absolute Gasteiger partial charge is 0.497 e. The molecular weight excluding hydrogens is 497 g/mol. The summed E-state index contributed by atoms with van der Waals surface area (Å²) in [6.45, 7) is -0.209. The molecule has 4 aromatic rings. The van der Waals surface area contributed by atoms with Gasteiger partial charge >= 0.3 is 6.18 Å². The van der Waals surface area contributed by atoms with E-state index < -0.39 is 29.1 Å². The summed E-state index contributed by atoms with van der Waals surface area (Å²) >= 11 is 5.92. The van der Waals surface area contributed by atoms with Gasteiger partial charge in [-0.3, -0.25) is 9.59 Å². The van der Waals surface area contributed by atoms with Gasteiger partial charge in [0.15, 0.2) is 0 Å². The Balaban J connectivity index is 1.87. The maximum atomic E-state index is 14.5. The van der Waals surface area contributed by atoms with E-state index >= 15 is 0 Å². The third kappa shape index (κ3) is 5.01. The maximum Gasteiger partial charge on any atom is 0.432 e. The molecule has 1 heterocycles. The number of nitrogens with one attached hydrogen (secondary N) is 1. The Morgan fingerprint density at radius 2 is 1.61 bits per heavy atom. The summed E-state index contributed by atoms with van der Waals surface area (Å²) < 4.78 is 54.7. The van der Waals surface area contributed by atoms with Gasteiger partial charge in [0.2, 0.25) is 0 Å². The molecule has 0 aliphatic rings. The van der Waals surface area contributed by atoms with Crippen LogP contribution in [0, 0.1) is 0 Å². The van der Waals surface area contributed by atoms with Gasteiger partial charge < -0.3 is 19.4 Å². The van der Waals surface area contributed by atoms with Crippen molar-refractivity contribution in [3.05, 3.63) is 88.6 Å². The molecule has 36 heavy (non-hydrogen) atoms. The lowest BCUT2D eigenvalue weighted by atomic mass is 10.0. The van der Waals surface area contributed by atoms with Crippen molar-refractivity contribution >= 4 is 39.9 Å². The number of ketones is 1. The molecule has 1 aromatic heterocycles. The molecule has 0 fully saturated rings. The number of ether oxygens (including phenoxy) is 2. The van der Waals surface area contributed by atoms with E-state index in [2.05, 4.69) is 5.32 Å². The number of hydrogen-bond acceptors (Lipinski definition) is 4. The van der Waals surface area contributed by atoms with E-state index in [0.717, 1.165) is 4.57 Å². The minimum absolute atomic E-state index is 0.0542. The van der Waals surface area contributed by atoms with Crippen molar-refractivity contribution in [1.82, 2.24) is 4.57 Å². The summed E-state index contributed by atoms with van der Waals surface area (Å²) in [5, 5.41) is 2.74. The molecule has 4 rings (SSSR count). The van der Waals surface area contributed by atoms with Gasteiger partial charge in [0, 0.05) is 34.2 Å². The summed E-state index contributed by atoms with van der Waals surface area (Å²) in [5.41, 5.74) is -1.14. The number of carbonyl (C=O) groups is 2. The molecule has 0 spiro atoms. The Morgan fingerprint density at radius 3 is 2.25 bits per heavy atom. The molecule has 1 amide bonds. The van der Waals surface area contributed by atoms with Crippen molar-refractivity contribution in [2.45, 2.75) is 12.7 Å². The van der Waals surface area contributed by atoms with Crippen LogP contribution < -0.4 is 14.8 Å². The van der Waals surface area contributed by atoms with Crippen LogP contribution in [0.4, 0.5) is 18.9 Å². The summed E-state index contributed by atoms with van der Waals surface area (Å²) in [6, 6.07) is 16.7. The molecule has 0 bridgehead atoms. The molecule has 1 N–H and O–H groups in total. The first kappa shape index (κ1) is 25.1. The van der Waals surface area contributed by atoms with E-state index in [0.29, 0.717) is 16.3 Å². The molecule has 6 nitrogen and oxygen atoms in total. The smallest absolute Gasteiger partial charge is 0.432 e. The normalized spacial score (nSPS) is 11.4. The van der Waals surface area contributed by atoms with Crippen molar-refractivity contribution in [1.29, 1.82) is 0 Å². The lowest BCUT2D eigenvalue weighted by molar-refractivity contribution is -0.143. The predicted molar refractivity (Wildman–Crippen MR) is 130 cm³/mol. The Labute approximate surface area is 209 Å². The zero-order valence-corrected chi connectivity index (χ0v) is 19.9. The number of carbonyl (C=O) groups excluding carboxylic acids is 2. The van der Waals surface area contributed by atoms with Crippen LogP contribution in [0.2, 0.25) is 5.02 Å². The Hall–Kier alpha value is -3.98. The van der Waals surface area contributed by atoms with Crippen molar-refractivity contribution < 1.29 is 32.2 Å². The lowest BCUT2D eigenvalue weighted by Gasteiger charge is -2.15. The Morgan fingerprint density at radius 1 is 0.944 bits per heavy atom. The van der Waals surface area contributed by atoms with Gasteiger partial charge in [-0.15, -0.1) is 0 Å². The molecule has 0 aliphatic heterocycles. The lowest BCUT2D eigenvalue weighted by Crippen LogP contribution is -2.26. The second-order valence-corrected chi connectivity index (χ2v) is 8.27. The van der Waals surface area contributed by atoms with Gasteiger partial charge in [-0.25, -0.2) is 0 Å². The first-order valence-electron chi connectivity index (χ1n) is 10.6. The van der Waals surface area contributed by atoms with Crippen LogP contribution in [0.25, 0.3) is 10.9 Å². The number of amides is 1. The fourth-order valence-corrected chi connectivity index (χ4v) is 4.05. The number of alkyl halides is 3. The molecule has 186 valence electrons. The predicted octanol–water partition coefficient (Wildman–Crippen LogP) is 6.20. The van der Waals surface area contributed by atoms with Crippen LogP contribution in [0.15, 0.2) is 66.7 Å². The van der Waals surface area contributed by atoms with Gasteiger partial charge in [0.25, 0.3) is 11.7 Å². The Kier molecular flexibility index (Phi) is 6.94. The minimum Gasteiger partial charge on any atom is -0.497 e. The average Bonchev–Trinajstić information content (AvgIpc) is 3.18. The van der Waals surface area contributed by atoms with E-state index in [1.54, 1.807) is 36.4 Å². The fraction of sp³-hybridized carbons (Fsp3) is 0.154. The van der Waals surface area contributed by atoms with Gasteiger partial charge in [-0.1, -0.05) is 29.8 Å². The summed E-state index contributed by atoms with van der Waals surface area (Å²) in [6.07, 6.45) is -4.94. The van der Waals surface area contributed by atoms with Crippen LogP contribution in [-0.4, -0.2) is 30.5 Å². The van der Waals surface area contributed by atoms with Gasteiger partial charge in [-0.05, 0) is 48.0 Å². The first-order chi connectivity index (χ1) is 17.1. The number of hydrogen-bond donors (Lipinski definition) is 1. The maximum absolute atomic E-state index is 14.5. The molecule has 0 saturated heterocycles. The first-order valence-corrected chi connectivity index (χ1v) is 11.0. The molecule has 0 radical (unpaired) electrons. The molecule has 10 heteroatoms. The summed E-state index contributed by atoms with van der Waals surface area (Å²) in [4.78, 5) is 26.2. The number of fused-ring (bicyclic) bond motifs is 1. The van der Waals surface area contributed by atoms with E-state index in [-0.39, 0.29) is 28.9 Å². The number of benzene rings is 3. The monoisotopic (exact) mass is 516 g/mol. The van der Waals surface area contributed by atoms with E-state index in [1.165, 1.54) is 44.6 Å². The third-order valence-corrected chi connectivity index (χ3v) is 5.81. The van der Waals surface area contributed by atoms with E-state index in [4.69, 9.17) is 21.1 Å². The Bertz CT molecular complexity index is 1450. The number of halogens is 4. The number of nitrogens with zero attached hydrogens (tertiary/aromatic N) is 1. The third-order valence-electron chi connectivity index (χ3n) is 5.55. The van der Waals surface area contributed by atoms with E-state index in [9.17, 15) is 22.8 Å². The molecule has 3 aromatic carbocycles. The zero-order chi connectivity index (χ0) is 26.0.